The van der Waals surface area contributed by atoms with E-state index in [-0.39, 0.29) is 6.03 Å². The normalized spacial score (nSPS) is 14.8. The molecule has 1 saturated heterocycles. The zero-order chi connectivity index (χ0) is 14.7. The number of carbonyl (C=O) groups is 1. The van der Waals surface area contributed by atoms with Gasteiger partial charge in [0.05, 0.1) is 6.54 Å². The van der Waals surface area contributed by atoms with Crippen molar-refractivity contribution in [3.63, 3.8) is 0 Å². The van der Waals surface area contributed by atoms with Crippen molar-refractivity contribution in [2.75, 3.05) is 32.0 Å². The number of nitrogens with one attached hydrogen (secondary N) is 1. The fraction of sp³-hybridized carbons (Fsp3) is 0.533. The first-order valence-electron chi connectivity index (χ1n) is 7.04. The molecule has 0 spiro atoms. The zero-order valence-corrected chi connectivity index (χ0v) is 12.4. The summed E-state index contributed by atoms with van der Waals surface area (Å²) in [4.78, 5) is 13.2. The maximum absolute atomic E-state index is 11.4. The fourth-order valence-electron chi connectivity index (χ4n) is 2.28. The summed E-state index contributed by atoms with van der Waals surface area (Å²) in [6, 6.07) is 3.96. The van der Waals surface area contributed by atoms with Gasteiger partial charge in [0.25, 0.3) is 0 Å². The molecule has 0 aromatic heterocycles. The second kappa shape index (κ2) is 6.03. The number of rotatable bonds is 5. The summed E-state index contributed by atoms with van der Waals surface area (Å²) in [5.74, 6) is 1.22. The van der Waals surface area contributed by atoms with E-state index in [2.05, 4.69) is 19.2 Å². The lowest BCUT2D eigenvalue weighted by atomic mass is 9.99. The zero-order valence-electron chi connectivity index (χ0n) is 12.4. The number of nitrogen functional groups attached to an aromatic ring is 1. The Morgan fingerprint density at radius 1 is 1.45 bits per heavy atom. The van der Waals surface area contributed by atoms with Gasteiger partial charge >= 0.3 is 6.03 Å². The summed E-state index contributed by atoms with van der Waals surface area (Å²) in [6.45, 7) is 8.77. The van der Waals surface area contributed by atoms with Gasteiger partial charge in [-0.25, -0.2) is 4.79 Å². The van der Waals surface area contributed by atoms with Crippen LogP contribution in [0.15, 0.2) is 12.1 Å². The SMILES string of the molecule is Cc1cc(OCCN2CCNC2=O)c(C(C)C)cc1N. The van der Waals surface area contributed by atoms with Crippen molar-refractivity contribution in [2.45, 2.75) is 26.7 Å². The molecule has 2 rings (SSSR count). The van der Waals surface area contributed by atoms with E-state index >= 15 is 0 Å². The van der Waals surface area contributed by atoms with Gasteiger partial charge in [0.15, 0.2) is 0 Å². The Hall–Kier alpha value is -1.91. The Morgan fingerprint density at radius 2 is 2.20 bits per heavy atom. The van der Waals surface area contributed by atoms with Crippen LogP contribution in [0.1, 0.15) is 30.9 Å². The van der Waals surface area contributed by atoms with Crippen molar-refractivity contribution in [1.29, 1.82) is 0 Å². The van der Waals surface area contributed by atoms with Crippen LogP contribution in [0.3, 0.4) is 0 Å². The molecule has 1 fully saturated rings. The predicted octanol–water partition coefficient (Wildman–Crippen LogP) is 2.10. The number of carbonyl (C=O) groups excluding carboxylic acids is 1. The quantitative estimate of drug-likeness (QED) is 0.810. The van der Waals surface area contributed by atoms with Crippen LogP contribution >= 0.6 is 0 Å². The molecular formula is C15H23N3O2. The summed E-state index contributed by atoms with van der Waals surface area (Å²) in [5, 5.41) is 2.78. The lowest BCUT2D eigenvalue weighted by molar-refractivity contribution is 0.202. The van der Waals surface area contributed by atoms with E-state index in [4.69, 9.17) is 10.5 Å². The second-order valence-corrected chi connectivity index (χ2v) is 5.47. The van der Waals surface area contributed by atoms with Crippen molar-refractivity contribution in [2.24, 2.45) is 0 Å². The number of anilines is 1. The molecular weight excluding hydrogens is 254 g/mol. The Labute approximate surface area is 120 Å². The smallest absolute Gasteiger partial charge is 0.317 e. The van der Waals surface area contributed by atoms with E-state index in [1.807, 2.05) is 19.1 Å². The monoisotopic (exact) mass is 277 g/mol. The van der Waals surface area contributed by atoms with E-state index in [0.29, 0.717) is 19.1 Å². The number of hydrogen-bond donors (Lipinski definition) is 2. The minimum absolute atomic E-state index is 0.00818. The first-order valence-corrected chi connectivity index (χ1v) is 7.04. The third kappa shape index (κ3) is 3.15. The van der Waals surface area contributed by atoms with Crippen molar-refractivity contribution in [3.8, 4) is 5.75 Å². The molecule has 2 amide bonds. The number of benzene rings is 1. The maximum Gasteiger partial charge on any atom is 0.317 e. The number of amides is 2. The Balaban J connectivity index is 2.01. The summed E-state index contributed by atoms with van der Waals surface area (Å²) >= 11 is 0. The number of ether oxygens (including phenoxy) is 1. The van der Waals surface area contributed by atoms with Crippen molar-refractivity contribution in [1.82, 2.24) is 10.2 Å². The number of nitrogens with zero attached hydrogens (tertiary/aromatic N) is 1. The highest BCUT2D eigenvalue weighted by molar-refractivity contribution is 5.76. The molecule has 1 aromatic carbocycles. The summed E-state index contributed by atoms with van der Waals surface area (Å²) in [5.41, 5.74) is 8.88. The van der Waals surface area contributed by atoms with Crippen LogP contribution in [0.4, 0.5) is 10.5 Å². The maximum atomic E-state index is 11.4. The minimum Gasteiger partial charge on any atom is -0.491 e. The molecule has 0 unspecified atom stereocenters. The molecule has 0 atom stereocenters. The number of nitrogens with two attached hydrogens (primary N) is 1. The van der Waals surface area contributed by atoms with E-state index in [9.17, 15) is 4.79 Å². The molecule has 0 aliphatic carbocycles. The van der Waals surface area contributed by atoms with Gasteiger partial charge in [-0.15, -0.1) is 0 Å². The number of hydrogen-bond acceptors (Lipinski definition) is 3. The predicted molar refractivity (Wildman–Crippen MR) is 80.1 cm³/mol. The molecule has 5 nitrogen and oxygen atoms in total. The Morgan fingerprint density at radius 3 is 2.80 bits per heavy atom. The van der Waals surface area contributed by atoms with Gasteiger partial charge in [-0.05, 0) is 36.1 Å². The number of urea groups is 1. The molecule has 1 heterocycles. The third-order valence-corrected chi connectivity index (χ3v) is 3.58. The van der Waals surface area contributed by atoms with Crippen LogP contribution in [0.2, 0.25) is 0 Å². The summed E-state index contributed by atoms with van der Waals surface area (Å²) in [7, 11) is 0. The van der Waals surface area contributed by atoms with E-state index in [0.717, 1.165) is 35.7 Å². The van der Waals surface area contributed by atoms with Gasteiger partial charge in [0, 0.05) is 18.8 Å². The van der Waals surface area contributed by atoms with E-state index in [1.54, 1.807) is 4.90 Å². The van der Waals surface area contributed by atoms with Gasteiger partial charge in [0.1, 0.15) is 12.4 Å². The largest absolute Gasteiger partial charge is 0.491 e. The first kappa shape index (κ1) is 14.5. The molecule has 0 bridgehead atoms. The van der Waals surface area contributed by atoms with Gasteiger partial charge in [0.2, 0.25) is 0 Å². The molecule has 1 aliphatic rings. The van der Waals surface area contributed by atoms with E-state index in [1.165, 1.54) is 0 Å². The molecule has 110 valence electrons. The molecule has 0 saturated carbocycles. The van der Waals surface area contributed by atoms with Gasteiger partial charge in [-0.2, -0.15) is 0 Å². The Kier molecular flexibility index (Phi) is 4.37. The second-order valence-electron chi connectivity index (χ2n) is 5.47. The summed E-state index contributed by atoms with van der Waals surface area (Å²) < 4.78 is 5.87. The standard InChI is InChI=1S/C15H23N3O2/c1-10(2)12-9-13(16)11(3)8-14(12)20-7-6-18-5-4-17-15(18)19/h8-10H,4-7,16H2,1-3H3,(H,17,19). The highest BCUT2D eigenvalue weighted by Crippen LogP contribution is 2.30. The average molecular weight is 277 g/mol. The van der Waals surface area contributed by atoms with Crippen molar-refractivity contribution < 1.29 is 9.53 Å². The molecule has 1 aromatic rings. The fourth-order valence-corrected chi connectivity index (χ4v) is 2.28. The van der Waals surface area contributed by atoms with Crippen LogP contribution < -0.4 is 15.8 Å². The van der Waals surface area contributed by atoms with Crippen LogP contribution in [0.5, 0.6) is 5.75 Å². The molecule has 0 radical (unpaired) electrons. The topological polar surface area (TPSA) is 67.6 Å². The van der Waals surface area contributed by atoms with Crippen molar-refractivity contribution >= 4 is 11.7 Å². The molecule has 5 heteroatoms. The highest BCUT2D eigenvalue weighted by Gasteiger charge is 2.19. The average Bonchev–Trinajstić information content (AvgIpc) is 2.79. The van der Waals surface area contributed by atoms with Gasteiger partial charge < -0.3 is 20.7 Å². The van der Waals surface area contributed by atoms with Crippen LogP contribution in [-0.2, 0) is 0 Å². The lowest BCUT2D eigenvalue weighted by Crippen LogP contribution is -2.31. The van der Waals surface area contributed by atoms with Gasteiger partial charge in [-0.1, -0.05) is 13.8 Å². The van der Waals surface area contributed by atoms with E-state index < -0.39 is 0 Å². The minimum atomic E-state index is -0.00818. The van der Waals surface area contributed by atoms with Gasteiger partial charge in [-0.3, -0.25) is 0 Å². The number of aryl methyl sites for hydroxylation is 1. The lowest BCUT2D eigenvalue weighted by Gasteiger charge is -2.18. The Bertz CT molecular complexity index is 500. The first-order chi connectivity index (χ1) is 9.49. The summed E-state index contributed by atoms with van der Waals surface area (Å²) in [6.07, 6.45) is 0. The van der Waals surface area contributed by atoms with Crippen LogP contribution in [-0.4, -0.2) is 37.2 Å². The molecule has 20 heavy (non-hydrogen) atoms. The molecule has 3 N–H and O–H groups in total. The van der Waals surface area contributed by atoms with Crippen LogP contribution in [0, 0.1) is 6.92 Å². The van der Waals surface area contributed by atoms with Crippen LogP contribution in [0.25, 0.3) is 0 Å². The molecule has 1 aliphatic heterocycles. The van der Waals surface area contributed by atoms with Crippen molar-refractivity contribution in [3.05, 3.63) is 23.3 Å². The highest BCUT2D eigenvalue weighted by atomic mass is 16.5. The third-order valence-electron chi connectivity index (χ3n) is 3.58.